The Morgan fingerprint density at radius 1 is 0.567 bits per heavy atom. The number of halogens is 3. The smallest absolute Gasteiger partial charge is 0.341 e. The fraction of sp³-hybridized carbons (Fsp3) is 0.341. The molecule has 6 rings (SSSR count). The summed E-state index contributed by atoms with van der Waals surface area (Å²) in [5.41, 5.74) is 9.49. The summed E-state index contributed by atoms with van der Waals surface area (Å²) in [5, 5.41) is 1.57. The summed E-state index contributed by atoms with van der Waals surface area (Å²) < 4.78 is 36.8. The van der Waals surface area contributed by atoms with E-state index in [1.807, 2.05) is 84.7 Å². The molecule has 2 saturated heterocycles. The quantitative estimate of drug-likeness (QED) is 0.199. The van der Waals surface area contributed by atoms with E-state index >= 15 is 0 Å². The lowest BCUT2D eigenvalue weighted by atomic mass is 10.1. The highest BCUT2D eigenvalue weighted by molar-refractivity contribution is 6.00. The lowest BCUT2D eigenvalue weighted by Crippen LogP contribution is -2.51. The van der Waals surface area contributed by atoms with Crippen LogP contribution in [0, 0.1) is 0 Å². The van der Waals surface area contributed by atoms with E-state index in [1.54, 1.807) is 44.3 Å². The van der Waals surface area contributed by atoms with E-state index in [0.29, 0.717) is 25.2 Å². The van der Waals surface area contributed by atoms with Gasteiger partial charge in [-0.2, -0.15) is 13.2 Å². The second kappa shape index (κ2) is 21.2. The molecule has 3 N–H and O–H groups in total. The van der Waals surface area contributed by atoms with Crippen LogP contribution in [-0.2, 0) is 17.9 Å². The number of carbonyl (C=O) groups is 5. The molecule has 60 heavy (non-hydrogen) atoms. The number of alkyl halides is 3. The number of piperazine rings is 2. The minimum Gasteiger partial charge on any atom is -0.341 e. The van der Waals surface area contributed by atoms with Crippen molar-refractivity contribution in [2.24, 2.45) is 5.73 Å². The third kappa shape index (κ3) is 12.7. The number of para-hydroxylation sites is 2. The highest BCUT2D eigenvalue weighted by Crippen LogP contribution is 2.22. The Labute approximate surface area is 348 Å². The molecule has 2 aliphatic heterocycles. The molecule has 4 aromatic carbocycles. The highest BCUT2D eigenvalue weighted by atomic mass is 19.4. The Kier molecular flexibility index (Phi) is 15.9. The number of Topliss-reactive ketones (excluding diaryl/α,β-unsaturated/α-hetero) is 2. The van der Waals surface area contributed by atoms with Gasteiger partial charge in [-0.05, 0) is 49.5 Å². The van der Waals surface area contributed by atoms with Gasteiger partial charge < -0.3 is 30.7 Å². The van der Waals surface area contributed by atoms with Crippen LogP contribution in [0.5, 0.6) is 0 Å². The number of ketones is 2. The van der Waals surface area contributed by atoms with Crippen molar-refractivity contribution in [1.29, 1.82) is 0 Å². The molecule has 2 fully saturated rings. The standard InChI is InChI=1S/C23H25F3N4O3.C21H26N4O2/c1-28-11-13-29(14-12-28)22(33)30(19-5-3-2-4-6-19)16-17-7-9-18(10-8-17)20(31)15-27-21(32)23(24,25)26;1-23-11-13-24(14-12-23)21(27)25(19-5-3-2-4-6-19)16-17-7-9-18(10-8-17)20(26)15-22/h2-10H,11-16H2,1H3,(H,27,32);2-10H,11-16,22H2,1H3. The number of carbonyl (C=O) groups excluding carboxylic acids is 5. The van der Waals surface area contributed by atoms with Crippen molar-refractivity contribution in [3.05, 3.63) is 131 Å². The van der Waals surface area contributed by atoms with Gasteiger partial charge in [-0.25, -0.2) is 9.59 Å². The van der Waals surface area contributed by atoms with Crippen molar-refractivity contribution in [3.63, 3.8) is 0 Å². The second-order valence-corrected chi connectivity index (χ2v) is 14.6. The number of anilines is 2. The molecule has 0 aliphatic carbocycles. The number of urea groups is 2. The topological polar surface area (TPSA) is 143 Å². The molecule has 4 aromatic rings. The van der Waals surface area contributed by atoms with Crippen molar-refractivity contribution in [2.75, 3.05) is 89.3 Å². The van der Waals surface area contributed by atoms with E-state index in [4.69, 9.17) is 5.73 Å². The summed E-state index contributed by atoms with van der Waals surface area (Å²) in [5.74, 6) is -2.89. The van der Waals surface area contributed by atoms with Crippen LogP contribution in [0.15, 0.2) is 109 Å². The molecule has 5 amide bonds. The Hall–Kier alpha value is -6.10. The molecular weight excluding hydrogens is 778 g/mol. The first-order valence-electron chi connectivity index (χ1n) is 19.6. The molecule has 0 bridgehead atoms. The third-order valence-corrected chi connectivity index (χ3v) is 10.2. The summed E-state index contributed by atoms with van der Waals surface area (Å²) in [6, 6.07) is 32.4. The zero-order valence-electron chi connectivity index (χ0n) is 33.8. The van der Waals surface area contributed by atoms with Crippen molar-refractivity contribution in [1.82, 2.24) is 24.9 Å². The molecule has 13 nitrogen and oxygen atoms in total. The monoisotopic (exact) mass is 828 g/mol. The van der Waals surface area contributed by atoms with Crippen LogP contribution in [0.2, 0.25) is 0 Å². The van der Waals surface area contributed by atoms with Gasteiger partial charge in [-0.1, -0.05) is 84.9 Å². The van der Waals surface area contributed by atoms with Crippen LogP contribution in [0.3, 0.4) is 0 Å². The summed E-state index contributed by atoms with van der Waals surface area (Å²) >= 11 is 0. The van der Waals surface area contributed by atoms with Crippen LogP contribution >= 0.6 is 0 Å². The number of hydrogen-bond acceptors (Lipinski definition) is 8. The van der Waals surface area contributed by atoms with Crippen molar-refractivity contribution >= 4 is 40.9 Å². The lowest BCUT2D eigenvalue weighted by molar-refractivity contribution is -0.173. The maximum Gasteiger partial charge on any atom is 0.471 e. The maximum atomic E-state index is 13.3. The van der Waals surface area contributed by atoms with Gasteiger partial charge in [-0.3, -0.25) is 24.2 Å². The third-order valence-electron chi connectivity index (χ3n) is 10.2. The average Bonchev–Trinajstić information content (AvgIpc) is 3.27. The van der Waals surface area contributed by atoms with Gasteiger partial charge in [0.1, 0.15) is 0 Å². The molecule has 0 spiro atoms. The van der Waals surface area contributed by atoms with Crippen molar-refractivity contribution in [3.8, 4) is 0 Å². The normalized spacial score (nSPS) is 14.7. The van der Waals surface area contributed by atoms with Gasteiger partial charge in [0.25, 0.3) is 0 Å². The molecule has 2 aliphatic rings. The molecule has 0 atom stereocenters. The Morgan fingerprint density at radius 3 is 1.28 bits per heavy atom. The average molecular weight is 829 g/mol. The van der Waals surface area contributed by atoms with Gasteiger partial charge in [-0.15, -0.1) is 0 Å². The number of rotatable bonds is 11. The predicted molar refractivity (Wildman–Crippen MR) is 224 cm³/mol. The van der Waals surface area contributed by atoms with Crippen LogP contribution in [0.1, 0.15) is 31.8 Å². The summed E-state index contributed by atoms with van der Waals surface area (Å²) in [6.45, 7) is 5.98. The Morgan fingerprint density at radius 2 is 0.933 bits per heavy atom. The highest BCUT2D eigenvalue weighted by Gasteiger charge is 2.38. The Balaban J connectivity index is 0.000000232. The van der Waals surface area contributed by atoms with E-state index < -0.39 is 24.4 Å². The van der Waals surface area contributed by atoms with Gasteiger partial charge in [0.05, 0.1) is 26.2 Å². The lowest BCUT2D eigenvalue weighted by Gasteiger charge is -2.36. The van der Waals surface area contributed by atoms with Crippen LogP contribution in [0.25, 0.3) is 0 Å². The molecule has 0 unspecified atom stereocenters. The van der Waals surface area contributed by atoms with Gasteiger partial charge in [0.2, 0.25) is 0 Å². The number of nitrogens with two attached hydrogens (primary N) is 1. The molecule has 2 heterocycles. The first kappa shape index (κ1) is 45.0. The molecule has 16 heteroatoms. The number of nitrogens with one attached hydrogen (secondary N) is 1. The van der Waals surface area contributed by atoms with E-state index in [-0.39, 0.29) is 36.5 Å². The largest absolute Gasteiger partial charge is 0.471 e. The van der Waals surface area contributed by atoms with Crippen LogP contribution in [0.4, 0.5) is 34.1 Å². The van der Waals surface area contributed by atoms with E-state index in [0.717, 1.165) is 61.8 Å². The summed E-state index contributed by atoms with van der Waals surface area (Å²) in [4.78, 5) is 72.7. The number of benzene rings is 4. The molecule has 0 aromatic heterocycles. The summed E-state index contributed by atoms with van der Waals surface area (Å²) in [6.07, 6.45) is -5.04. The molecule has 0 radical (unpaired) electrons. The number of nitrogens with zero attached hydrogens (tertiary/aromatic N) is 6. The SMILES string of the molecule is CN1CCN(C(=O)N(Cc2ccc(C(=O)CN)cc2)c2ccccc2)CC1.CN1CCN(C(=O)N(Cc2ccc(C(=O)CNC(=O)C(F)(F)F)cc2)c2ccccc2)CC1. The van der Waals surface area contributed by atoms with Crippen LogP contribution < -0.4 is 20.9 Å². The fourth-order valence-electron chi connectivity index (χ4n) is 6.53. The van der Waals surface area contributed by atoms with E-state index in [1.165, 1.54) is 12.1 Å². The maximum absolute atomic E-state index is 13.3. The van der Waals surface area contributed by atoms with Crippen molar-refractivity contribution < 1.29 is 37.1 Å². The molecule has 318 valence electrons. The second-order valence-electron chi connectivity index (χ2n) is 14.6. The first-order valence-corrected chi connectivity index (χ1v) is 19.6. The van der Waals surface area contributed by atoms with Gasteiger partial charge in [0.15, 0.2) is 11.6 Å². The van der Waals surface area contributed by atoms with Gasteiger partial charge >= 0.3 is 24.1 Å². The molecular formula is C44H51F3N8O5. The predicted octanol–water partition coefficient (Wildman–Crippen LogP) is 5.12. The number of amides is 5. The zero-order chi connectivity index (χ0) is 43.2. The van der Waals surface area contributed by atoms with E-state index in [2.05, 4.69) is 16.8 Å². The minimum absolute atomic E-state index is 0.00260. The Bertz CT molecular complexity index is 2040. The zero-order valence-corrected chi connectivity index (χ0v) is 33.8. The van der Waals surface area contributed by atoms with Crippen molar-refractivity contribution in [2.45, 2.75) is 19.3 Å². The number of likely N-dealkylation sites (N-methyl/N-ethyl adjacent to an activating group) is 2. The first-order chi connectivity index (χ1) is 28.7. The fourth-order valence-corrected chi connectivity index (χ4v) is 6.53. The minimum atomic E-state index is -5.04. The van der Waals surface area contributed by atoms with E-state index in [9.17, 15) is 37.1 Å². The summed E-state index contributed by atoms with van der Waals surface area (Å²) in [7, 11) is 4.08. The van der Waals surface area contributed by atoms with Gasteiger partial charge in [0, 0.05) is 74.9 Å². The number of hydrogen-bond donors (Lipinski definition) is 2. The van der Waals surface area contributed by atoms with Crippen LogP contribution in [-0.4, -0.2) is 135 Å². The molecule has 0 saturated carbocycles.